The molecule has 6 aromatic carbocycles. The van der Waals surface area contributed by atoms with Crippen molar-refractivity contribution in [1.82, 2.24) is 19.1 Å². The van der Waals surface area contributed by atoms with Crippen molar-refractivity contribution in [2.45, 2.75) is 79.1 Å². The van der Waals surface area contributed by atoms with Crippen molar-refractivity contribution in [3.8, 4) is 62.2 Å². The molecule has 0 amide bonds. The number of rotatable bonds is 10. The molecule has 8 aromatic rings. The smallest absolute Gasteiger partial charge is 0.148 e. The number of hydrogen-bond acceptors (Lipinski definition) is 3. The van der Waals surface area contributed by atoms with Crippen LogP contribution in [0, 0.1) is 6.07 Å². The van der Waals surface area contributed by atoms with E-state index >= 15 is 0 Å². The number of para-hydroxylation sites is 1. The molecule has 0 unspecified atom stereocenters. The molecule has 0 bridgehead atoms. The van der Waals surface area contributed by atoms with E-state index in [1.54, 1.807) is 12.3 Å². The zero-order chi connectivity index (χ0) is 41.6. The van der Waals surface area contributed by atoms with E-state index in [-0.39, 0.29) is 26.8 Å². The van der Waals surface area contributed by atoms with Crippen molar-refractivity contribution in [2.24, 2.45) is 0 Å². The first kappa shape index (κ1) is 43.8. The first-order valence-corrected chi connectivity index (χ1v) is 20.8. The molecular weight excluding hydrogens is 916 g/mol. The van der Waals surface area contributed by atoms with Crippen molar-refractivity contribution in [1.29, 1.82) is 0 Å². The number of aromatic nitrogens is 4. The van der Waals surface area contributed by atoms with Gasteiger partial charge < -0.3 is 9.67 Å². The van der Waals surface area contributed by atoms with Gasteiger partial charge in [0.15, 0.2) is 0 Å². The molecule has 0 spiro atoms. The molecule has 308 valence electrons. The Hall–Kier alpha value is -5.77. The van der Waals surface area contributed by atoms with Crippen LogP contribution in [0.5, 0.6) is 5.75 Å². The van der Waals surface area contributed by atoms with Gasteiger partial charge in [-0.2, -0.15) is 0 Å². The van der Waals surface area contributed by atoms with Gasteiger partial charge >= 0.3 is 0 Å². The second-order valence-corrected chi connectivity index (χ2v) is 16.4. The van der Waals surface area contributed by atoms with Crippen molar-refractivity contribution in [2.75, 3.05) is 0 Å². The summed E-state index contributed by atoms with van der Waals surface area (Å²) in [6.45, 7) is 18.0. The van der Waals surface area contributed by atoms with Gasteiger partial charge in [0.2, 0.25) is 0 Å². The molecule has 0 aliphatic rings. The Balaban J connectivity index is 0.000000198. The van der Waals surface area contributed by atoms with Crippen LogP contribution in [0.4, 0.5) is 0 Å². The van der Waals surface area contributed by atoms with Gasteiger partial charge in [0.1, 0.15) is 11.6 Å². The molecule has 0 saturated heterocycles. The van der Waals surface area contributed by atoms with Crippen LogP contribution >= 0.6 is 0 Å². The van der Waals surface area contributed by atoms with Gasteiger partial charge in [0.25, 0.3) is 0 Å². The fourth-order valence-corrected chi connectivity index (χ4v) is 7.83. The number of phenolic OH excluding ortho intramolecular Hbond substituents is 1. The van der Waals surface area contributed by atoms with Crippen LogP contribution in [0.3, 0.4) is 0 Å². The Morgan fingerprint density at radius 1 is 0.467 bits per heavy atom. The van der Waals surface area contributed by atoms with Gasteiger partial charge in [-0.3, -0.25) is 9.55 Å². The summed E-state index contributed by atoms with van der Waals surface area (Å²) in [5, 5.41) is 10.5. The molecule has 8 rings (SSSR count). The van der Waals surface area contributed by atoms with Crippen molar-refractivity contribution in [3.63, 3.8) is 0 Å². The van der Waals surface area contributed by atoms with E-state index in [9.17, 15) is 5.11 Å². The van der Waals surface area contributed by atoms with Crippen LogP contribution in [0.2, 0.25) is 0 Å². The molecule has 1 N–H and O–H groups in total. The Morgan fingerprint density at radius 2 is 0.867 bits per heavy atom. The standard InChI is InChI=1S/C27H28N2O.C27H27N2.Pt/c1-18(2)23-16-21(20-10-6-5-7-11-20)17-24(19(3)4)26(23)29-15-14-28-27(29)22-12-8-9-13-25(22)30;1-19(2)24-17-23(21-11-7-5-8-12-21)18-25(20(3)4)26(24)29-16-15-28-27(29)22-13-9-6-10-14-22;/h5-19,30H,1-4H3;5-13,15-20H,1-4H3;/q;-1;. The molecule has 2 heterocycles. The van der Waals surface area contributed by atoms with Gasteiger partial charge in [-0.05, 0) is 105 Å². The zero-order valence-electron chi connectivity index (χ0n) is 35.9. The van der Waals surface area contributed by atoms with E-state index in [4.69, 9.17) is 0 Å². The molecular formula is C54H55N4OPt-. The predicted molar refractivity (Wildman–Crippen MR) is 246 cm³/mol. The fraction of sp³-hybridized carbons (Fsp3) is 0.222. The van der Waals surface area contributed by atoms with Crippen LogP contribution in [0.15, 0.2) is 158 Å². The molecule has 60 heavy (non-hydrogen) atoms. The number of nitrogens with zero attached hydrogens (tertiary/aromatic N) is 4. The minimum absolute atomic E-state index is 0. The van der Waals surface area contributed by atoms with E-state index in [1.165, 1.54) is 50.2 Å². The van der Waals surface area contributed by atoms with Gasteiger partial charge in [0, 0.05) is 51.5 Å². The van der Waals surface area contributed by atoms with Crippen LogP contribution in [0.1, 0.15) is 101 Å². The third-order valence-corrected chi connectivity index (χ3v) is 10.9. The molecule has 0 aliphatic carbocycles. The van der Waals surface area contributed by atoms with Crippen molar-refractivity contribution < 1.29 is 26.2 Å². The molecule has 0 aliphatic heterocycles. The Kier molecular flexibility index (Phi) is 14.3. The summed E-state index contributed by atoms with van der Waals surface area (Å²) >= 11 is 0. The van der Waals surface area contributed by atoms with Gasteiger partial charge in [-0.1, -0.05) is 128 Å². The summed E-state index contributed by atoms with van der Waals surface area (Å²) in [4.78, 5) is 9.28. The number of benzene rings is 6. The summed E-state index contributed by atoms with van der Waals surface area (Å²) in [5.41, 5.74) is 14.4. The van der Waals surface area contributed by atoms with Gasteiger partial charge in [-0.15, -0.1) is 35.9 Å². The molecule has 0 radical (unpaired) electrons. The van der Waals surface area contributed by atoms with Crippen LogP contribution in [0.25, 0.3) is 56.4 Å². The normalized spacial score (nSPS) is 11.2. The van der Waals surface area contributed by atoms with E-state index in [1.807, 2.05) is 48.8 Å². The van der Waals surface area contributed by atoms with E-state index in [2.05, 4.69) is 178 Å². The van der Waals surface area contributed by atoms with Gasteiger partial charge in [0.05, 0.1) is 17.1 Å². The first-order valence-electron chi connectivity index (χ1n) is 20.8. The summed E-state index contributed by atoms with van der Waals surface area (Å²) in [6, 6.07) is 49.2. The maximum Gasteiger partial charge on any atom is 0.148 e. The summed E-state index contributed by atoms with van der Waals surface area (Å²) < 4.78 is 4.37. The Labute approximate surface area is 371 Å². The van der Waals surface area contributed by atoms with Crippen molar-refractivity contribution in [3.05, 3.63) is 187 Å². The second-order valence-electron chi connectivity index (χ2n) is 16.4. The maximum absolute atomic E-state index is 10.5. The minimum atomic E-state index is 0. The van der Waals surface area contributed by atoms with E-state index in [0.29, 0.717) is 23.7 Å². The molecule has 5 nitrogen and oxygen atoms in total. The topological polar surface area (TPSA) is 55.9 Å². The Bertz CT molecular complexity index is 2560. The van der Waals surface area contributed by atoms with Crippen LogP contribution in [-0.4, -0.2) is 24.2 Å². The molecule has 0 fully saturated rings. The maximum atomic E-state index is 10.5. The summed E-state index contributed by atoms with van der Waals surface area (Å²) in [6.07, 6.45) is 7.76. The predicted octanol–water partition coefficient (Wildman–Crippen LogP) is 14.4. The monoisotopic (exact) mass is 970 g/mol. The molecule has 0 saturated carbocycles. The van der Waals surface area contributed by atoms with Gasteiger partial charge in [-0.25, -0.2) is 4.98 Å². The van der Waals surface area contributed by atoms with E-state index < -0.39 is 0 Å². The first-order chi connectivity index (χ1) is 28.5. The third-order valence-electron chi connectivity index (χ3n) is 10.9. The Morgan fingerprint density at radius 3 is 1.28 bits per heavy atom. The fourth-order valence-electron chi connectivity index (χ4n) is 7.83. The number of hydrogen-bond donors (Lipinski definition) is 1. The number of phenols is 1. The zero-order valence-corrected chi connectivity index (χ0v) is 38.1. The third kappa shape index (κ3) is 9.33. The quantitative estimate of drug-likeness (QED) is 0.139. The SMILES string of the molecule is CC(C)c1cc(-c2ccccc2)cc(C(C)C)c1-n1ccnc1-c1[c-]cccc1.CC(C)c1cc(-c2ccccc2)cc(C(C)C)c1-n1ccnc1-c1ccccc1O.[Pt]. The minimum Gasteiger partial charge on any atom is -0.507 e. The number of aromatic hydroxyl groups is 1. The van der Waals surface area contributed by atoms with Crippen molar-refractivity contribution >= 4 is 0 Å². The average molecular weight is 971 g/mol. The average Bonchev–Trinajstić information content (AvgIpc) is 3.95. The largest absolute Gasteiger partial charge is 0.507 e. The molecule has 2 aromatic heterocycles. The van der Waals surface area contributed by atoms with E-state index in [0.717, 1.165) is 28.5 Å². The summed E-state index contributed by atoms with van der Waals surface area (Å²) in [7, 11) is 0. The number of imidazole rings is 2. The second kappa shape index (κ2) is 19.5. The molecule has 6 heteroatoms. The molecule has 0 atom stereocenters. The van der Waals surface area contributed by atoms with Crippen LogP contribution < -0.4 is 0 Å². The van der Waals surface area contributed by atoms with Crippen LogP contribution in [-0.2, 0) is 21.1 Å². The summed E-state index contributed by atoms with van der Waals surface area (Å²) in [5.74, 6) is 3.37.